The maximum absolute atomic E-state index is 12.8. The molecule has 2 aromatic heterocycles. The first kappa shape index (κ1) is 17.2. The van der Waals surface area contributed by atoms with E-state index < -0.39 is 0 Å². The van der Waals surface area contributed by atoms with Crippen LogP contribution in [0.25, 0.3) is 22.2 Å². The summed E-state index contributed by atoms with van der Waals surface area (Å²) in [4.78, 5) is 17.3. The number of methoxy groups -OCH3 is 1. The minimum Gasteiger partial charge on any atom is -0.481 e. The van der Waals surface area contributed by atoms with Crippen LogP contribution in [0.2, 0.25) is 0 Å². The zero-order chi connectivity index (χ0) is 19.0. The zero-order valence-corrected chi connectivity index (χ0v) is 16.0. The van der Waals surface area contributed by atoms with Crippen LogP contribution in [0, 0.1) is 6.92 Å². The van der Waals surface area contributed by atoms with Gasteiger partial charge in [0.1, 0.15) is 0 Å². The van der Waals surface area contributed by atoms with Crippen molar-refractivity contribution in [1.29, 1.82) is 0 Å². The van der Waals surface area contributed by atoms with Crippen LogP contribution in [0.15, 0.2) is 47.8 Å². The van der Waals surface area contributed by atoms with Gasteiger partial charge in [-0.3, -0.25) is 4.79 Å². The van der Waals surface area contributed by atoms with Crippen LogP contribution in [0.5, 0.6) is 5.88 Å². The summed E-state index contributed by atoms with van der Waals surface area (Å²) in [6, 6.07) is 13.1. The monoisotopic (exact) mass is 378 g/mol. The fraction of sp³-hybridized carbons (Fsp3) is 0.150. The van der Waals surface area contributed by atoms with Crippen molar-refractivity contribution in [3.05, 3.63) is 58.4 Å². The minimum absolute atomic E-state index is 0.194. The zero-order valence-electron chi connectivity index (χ0n) is 15.2. The van der Waals surface area contributed by atoms with Gasteiger partial charge < -0.3 is 10.1 Å². The lowest BCUT2D eigenvalue weighted by atomic mass is 10.1. The third-order valence-corrected chi connectivity index (χ3v) is 5.08. The number of rotatable bonds is 4. The maximum Gasteiger partial charge on any atom is 0.255 e. The van der Waals surface area contributed by atoms with Gasteiger partial charge in [0.2, 0.25) is 5.88 Å². The van der Waals surface area contributed by atoms with Gasteiger partial charge in [-0.1, -0.05) is 18.2 Å². The van der Waals surface area contributed by atoms with Gasteiger partial charge in [-0.2, -0.15) is 5.10 Å². The number of aromatic nitrogens is 3. The smallest absolute Gasteiger partial charge is 0.255 e. The topological polar surface area (TPSA) is 69.0 Å². The number of thiazole rings is 1. The molecule has 27 heavy (non-hydrogen) atoms. The highest BCUT2D eigenvalue weighted by atomic mass is 32.1. The molecule has 4 aromatic rings. The van der Waals surface area contributed by atoms with Crippen molar-refractivity contribution in [2.24, 2.45) is 7.05 Å². The van der Waals surface area contributed by atoms with Crippen molar-refractivity contribution in [3.8, 4) is 17.1 Å². The summed E-state index contributed by atoms with van der Waals surface area (Å²) in [7, 11) is 3.42. The van der Waals surface area contributed by atoms with Gasteiger partial charge in [0.05, 0.1) is 34.4 Å². The third kappa shape index (κ3) is 3.17. The Labute approximate surface area is 160 Å². The molecule has 0 spiro atoms. The van der Waals surface area contributed by atoms with E-state index in [0.717, 1.165) is 27.3 Å². The van der Waals surface area contributed by atoms with E-state index >= 15 is 0 Å². The number of hydrogen-bond donors (Lipinski definition) is 1. The van der Waals surface area contributed by atoms with Crippen molar-refractivity contribution in [3.63, 3.8) is 0 Å². The SMILES string of the molecule is COc1c2ccc(C(=O)Nc3ccccc3-c3csc(C)n3)cc2nn1C. The van der Waals surface area contributed by atoms with Gasteiger partial charge in [0.15, 0.2) is 0 Å². The molecule has 0 atom stereocenters. The fourth-order valence-electron chi connectivity index (χ4n) is 3.06. The van der Waals surface area contributed by atoms with E-state index in [1.807, 2.05) is 49.7 Å². The van der Waals surface area contributed by atoms with Gasteiger partial charge in [-0.25, -0.2) is 9.67 Å². The first-order valence-electron chi connectivity index (χ1n) is 8.40. The number of hydrogen-bond acceptors (Lipinski definition) is 5. The molecule has 0 unspecified atom stereocenters. The molecule has 0 radical (unpaired) electrons. The Balaban J connectivity index is 1.66. The van der Waals surface area contributed by atoms with Crippen molar-refractivity contribution >= 4 is 33.8 Å². The second-order valence-corrected chi connectivity index (χ2v) is 7.18. The molecule has 0 aliphatic rings. The van der Waals surface area contributed by atoms with Gasteiger partial charge in [-0.15, -0.1) is 11.3 Å². The highest BCUT2D eigenvalue weighted by Gasteiger charge is 2.15. The van der Waals surface area contributed by atoms with Crippen LogP contribution in [0.4, 0.5) is 5.69 Å². The van der Waals surface area contributed by atoms with E-state index in [1.54, 1.807) is 35.3 Å². The Morgan fingerprint density at radius 2 is 2.04 bits per heavy atom. The summed E-state index contributed by atoms with van der Waals surface area (Å²) in [6.45, 7) is 1.96. The van der Waals surface area contributed by atoms with Gasteiger partial charge >= 0.3 is 0 Å². The number of aryl methyl sites for hydroxylation is 2. The molecule has 0 aliphatic carbocycles. The molecular formula is C20H18N4O2S. The lowest BCUT2D eigenvalue weighted by molar-refractivity contribution is 0.102. The number of nitrogens with zero attached hydrogens (tertiary/aromatic N) is 3. The number of anilines is 1. The molecule has 0 saturated carbocycles. The van der Waals surface area contributed by atoms with Crippen LogP contribution in [0.3, 0.4) is 0 Å². The van der Waals surface area contributed by atoms with Crippen molar-refractivity contribution < 1.29 is 9.53 Å². The molecule has 0 saturated heterocycles. The average Bonchev–Trinajstić information content (AvgIpc) is 3.23. The molecule has 6 nitrogen and oxygen atoms in total. The van der Waals surface area contributed by atoms with E-state index in [1.165, 1.54) is 0 Å². The summed E-state index contributed by atoms with van der Waals surface area (Å²) in [5.74, 6) is 0.474. The van der Waals surface area contributed by atoms with Gasteiger partial charge in [-0.05, 0) is 31.2 Å². The number of amides is 1. The molecule has 1 N–H and O–H groups in total. The standard InChI is InChI=1S/C20H18N4O2S/c1-12-21-18(11-27-12)14-6-4-5-7-16(14)22-19(25)13-8-9-15-17(10-13)23-24(2)20(15)26-3/h4-11H,1-3H3,(H,22,25). The normalized spacial score (nSPS) is 10.9. The summed E-state index contributed by atoms with van der Waals surface area (Å²) in [5, 5.41) is 11.2. The number of fused-ring (bicyclic) bond motifs is 1. The molecule has 0 fully saturated rings. The van der Waals surface area contributed by atoms with E-state index in [4.69, 9.17) is 4.74 Å². The Hall–Kier alpha value is -3.19. The largest absolute Gasteiger partial charge is 0.481 e. The predicted octanol–water partition coefficient (Wildman–Crippen LogP) is 4.27. The molecule has 0 bridgehead atoms. The predicted molar refractivity (Wildman–Crippen MR) is 108 cm³/mol. The summed E-state index contributed by atoms with van der Waals surface area (Å²) < 4.78 is 7.01. The number of para-hydroxylation sites is 1. The molecule has 4 rings (SSSR count). The van der Waals surface area contributed by atoms with Crippen LogP contribution >= 0.6 is 11.3 Å². The van der Waals surface area contributed by atoms with Crippen LogP contribution in [-0.4, -0.2) is 27.8 Å². The lowest BCUT2D eigenvalue weighted by Gasteiger charge is -2.09. The maximum atomic E-state index is 12.8. The molecule has 136 valence electrons. The molecule has 1 amide bonds. The number of ether oxygens (including phenoxy) is 1. The van der Waals surface area contributed by atoms with E-state index in [0.29, 0.717) is 17.0 Å². The first-order valence-corrected chi connectivity index (χ1v) is 9.28. The average molecular weight is 378 g/mol. The fourth-order valence-corrected chi connectivity index (χ4v) is 3.67. The Morgan fingerprint density at radius 3 is 2.78 bits per heavy atom. The van der Waals surface area contributed by atoms with Crippen molar-refractivity contribution in [2.75, 3.05) is 12.4 Å². The second kappa shape index (κ2) is 6.85. The minimum atomic E-state index is -0.194. The number of benzene rings is 2. The lowest BCUT2D eigenvalue weighted by Crippen LogP contribution is -2.12. The highest BCUT2D eigenvalue weighted by Crippen LogP contribution is 2.30. The van der Waals surface area contributed by atoms with E-state index in [9.17, 15) is 4.79 Å². The Morgan fingerprint density at radius 1 is 1.22 bits per heavy atom. The molecular weight excluding hydrogens is 360 g/mol. The third-order valence-electron chi connectivity index (χ3n) is 4.31. The van der Waals surface area contributed by atoms with Crippen LogP contribution in [-0.2, 0) is 7.05 Å². The molecule has 0 aliphatic heterocycles. The highest BCUT2D eigenvalue weighted by molar-refractivity contribution is 7.09. The second-order valence-electron chi connectivity index (χ2n) is 6.12. The number of carbonyl (C=O) groups is 1. The van der Waals surface area contributed by atoms with Crippen LogP contribution in [0.1, 0.15) is 15.4 Å². The van der Waals surface area contributed by atoms with E-state index in [-0.39, 0.29) is 5.91 Å². The van der Waals surface area contributed by atoms with Crippen molar-refractivity contribution in [2.45, 2.75) is 6.92 Å². The summed E-state index contributed by atoms with van der Waals surface area (Å²) >= 11 is 1.58. The number of nitrogens with one attached hydrogen (secondary N) is 1. The Kier molecular flexibility index (Phi) is 4.37. The van der Waals surface area contributed by atoms with Crippen molar-refractivity contribution in [1.82, 2.24) is 14.8 Å². The van der Waals surface area contributed by atoms with E-state index in [2.05, 4.69) is 15.4 Å². The van der Waals surface area contributed by atoms with Crippen LogP contribution < -0.4 is 10.1 Å². The molecule has 7 heteroatoms. The van der Waals surface area contributed by atoms with Gasteiger partial charge in [0.25, 0.3) is 5.91 Å². The summed E-state index contributed by atoms with van der Waals surface area (Å²) in [6.07, 6.45) is 0. The number of carbonyl (C=O) groups excluding carboxylic acids is 1. The summed E-state index contributed by atoms with van der Waals surface area (Å²) in [5.41, 5.74) is 3.73. The van der Waals surface area contributed by atoms with Gasteiger partial charge in [0, 0.05) is 23.6 Å². The first-order chi connectivity index (χ1) is 13.1. The Bertz CT molecular complexity index is 1150. The molecule has 2 heterocycles. The molecule has 2 aromatic carbocycles. The quantitative estimate of drug-likeness (QED) is 0.576.